The molecule has 2 aliphatic rings. The fourth-order valence-corrected chi connectivity index (χ4v) is 10.9. The van der Waals surface area contributed by atoms with Gasteiger partial charge in [-0.25, -0.2) is 9.97 Å². The first-order valence-electron chi connectivity index (χ1n) is 18.6. The number of thiazole rings is 2. The Morgan fingerprint density at radius 1 is 0.345 bits per heavy atom. The summed E-state index contributed by atoms with van der Waals surface area (Å²) in [5, 5.41) is 11.2. The lowest BCUT2D eigenvalue weighted by Crippen LogP contribution is -2.26. The van der Waals surface area contributed by atoms with Gasteiger partial charge in [0.2, 0.25) is 0 Å². The topological polar surface area (TPSA) is 25.8 Å². The standard InChI is InChI=1S/C51H30N2S2/c1-3-13-39-35(9-1)41(31-17-21-33(22-18-31)49-52-25-27-54-49)29-45-47(39)48-40-14-4-2-10-36(40)42(32-19-23-34(24-20-32)50-53-26-28-55-50)30-46(48)51(45)43-15-7-5-11-37(43)38-12-6-8-16-44(38)51/h1-30H. The quantitative estimate of drug-likeness (QED) is 0.180. The lowest BCUT2D eigenvalue weighted by atomic mass is 9.69. The van der Waals surface area contributed by atoms with Crippen LogP contribution in [-0.2, 0) is 5.41 Å². The maximum Gasteiger partial charge on any atom is 0.123 e. The van der Waals surface area contributed by atoms with Gasteiger partial charge < -0.3 is 0 Å². The molecule has 4 heteroatoms. The van der Waals surface area contributed by atoms with Crippen molar-refractivity contribution in [2.75, 3.05) is 0 Å². The number of aromatic nitrogens is 2. The van der Waals surface area contributed by atoms with Crippen molar-refractivity contribution in [3.8, 4) is 65.6 Å². The van der Waals surface area contributed by atoms with E-state index in [1.165, 1.54) is 88.3 Å². The highest BCUT2D eigenvalue weighted by atomic mass is 32.1. The third-order valence-corrected chi connectivity index (χ3v) is 13.5. The molecule has 2 nitrogen and oxygen atoms in total. The lowest BCUT2D eigenvalue weighted by molar-refractivity contribution is 0.795. The van der Waals surface area contributed by atoms with E-state index in [0.717, 1.165) is 21.1 Å². The molecule has 2 aliphatic carbocycles. The highest BCUT2D eigenvalue weighted by molar-refractivity contribution is 7.13. The van der Waals surface area contributed by atoms with Crippen LogP contribution in [-0.4, -0.2) is 9.97 Å². The first-order valence-corrected chi connectivity index (χ1v) is 20.4. The number of hydrogen-bond donors (Lipinski definition) is 0. The number of hydrogen-bond acceptors (Lipinski definition) is 4. The van der Waals surface area contributed by atoms with Gasteiger partial charge in [0.15, 0.2) is 0 Å². The molecular formula is C51H30N2S2. The molecule has 0 bridgehead atoms. The van der Waals surface area contributed by atoms with Crippen LogP contribution in [0.15, 0.2) is 181 Å². The predicted octanol–water partition coefficient (Wildman–Crippen LogP) is 13.9. The van der Waals surface area contributed by atoms with Crippen molar-refractivity contribution in [2.45, 2.75) is 5.41 Å². The van der Waals surface area contributed by atoms with Crippen molar-refractivity contribution >= 4 is 44.2 Å². The molecule has 256 valence electrons. The van der Waals surface area contributed by atoms with Crippen molar-refractivity contribution < 1.29 is 0 Å². The van der Waals surface area contributed by atoms with Crippen LogP contribution in [0, 0.1) is 0 Å². The van der Waals surface area contributed by atoms with Crippen molar-refractivity contribution in [1.82, 2.24) is 9.97 Å². The molecule has 12 rings (SSSR count). The third-order valence-electron chi connectivity index (χ3n) is 11.8. The monoisotopic (exact) mass is 734 g/mol. The van der Waals surface area contributed by atoms with E-state index >= 15 is 0 Å². The molecule has 0 amide bonds. The van der Waals surface area contributed by atoms with Gasteiger partial charge >= 0.3 is 0 Å². The Morgan fingerprint density at radius 3 is 1.15 bits per heavy atom. The Morgan fingerprint density at radius 2 is 0.727 bits per heavy atom. The summed E-state index contributed by atoms with van der Waals surface area (Å²) >= 11 is 3.35. The summed E-state index contributed by atoms with van der Waals surface area (Å²) in [5.41, 5.74) is 17.3. The number of rotatable bonds is 4. The molecule has 0 N–H and O–H groups in total. The molecule has 0 aliphatic heterocycles. The highest BCUT2D eigenvalue weighted by Gasteiger charge is 2.53. The maximum absolute atomic E-state index is 4.59. The molecule has 0 saturated heterocycles. The summed E-state index contributed by atoms with van der Waals surface area (Å²) in [6.07, 6.45) is 3.76. The van der Waals surface area contributed by atoms with E-state index in [9.17, 15) is 0 Å². The Kier molecular flexibility index (Phi) is 6.62. The maximum atomic E-state index is 4.59. The van der Waals surface area contributed by atoms with Crippen LogP contribution in [0.2, 0.25) is 0 Å². The molecule has 0 atom stereocenters. The van der Waals surface area contributed by atoms with Crippen LogP contribution < -0.4 is 0 Å². The lowest BCUT2D eigenvalue weighted by Gasteiger charge is -2.31. The van der Waals surface area contributed by atoms with Crippen molar-refractivity contribution in [3.05, 3.63) is 203 Å². The van der Waals surface area contributed by atoms with Crippen LogP contribution in [0.25, 0.3) is 87.2 Å². The molecule has 0 unspecified atom stereocenters. The van der Waals surface area contributed by atoms with Gasteiger partial charge in [0, 0.05) is 34.3 Å². The van der Waals surface area contributed by atoms with E-state index in [1.807, 2.05) is 23.2 Å². The summed E-state index contributed by atoms with van der Waals surface area (Å²) in [7, 11) is 0. The molecule has 55 heavy (non-hydrogen) atoms. The summed E-state index contributed by atoms with van der Waals surface area (Å²) in [6, 6.07) is 59.4. The van der Waals surface area contributed by atoms with Gasteiger partial charge in [0.05, 0.1) is 5.41 Å². The number of benzene rings is 8. The molecule has 8 aromatic carbocycles. The van der Waals surface area contributed by atoms with Gasteiger partial charge in [0.25, 0.3) is 0 Å². The van der Waals surface area contributed by atoms with E-state index in [2.05, 4.69) is 168 Å². The molecule has 2 aromatic heterocycles. The highest BCUT2D eigenvalue weighted by Crippen LogP contribution is 2.66. The van der Waals surface area contributed by atoms with Crippen molar-refractivity contribution in [3.63, 3.8) is 0 Å². The predicted molar refractivity (Wildman–Crippen MR) is 231 cm³/mol. The van der Waals surface area contributed by atoms with Gasteiger partial charge in [-0.1, -0.05) is 146 Å². The van der Waals surface area contributed by atoms with Crippen molar-refractivity contribution in [2.24, 2.45) is 0 Å². The third kappa shape index (κ3) is 4.29. The van der Waals surface area contributed by atoms with Crippen LogP contribution >= 0.6 is 22.7 Å². The average Bonchev–Trinajstić information content (AvgIpc) is 4.08. The second-order valence-electron chi connectivity index (χ2n) is 14.5. The van der Waals surface area contributed by atoms with Gasteiger partial charge in [-0.2, -0.15) is 0 Å². The smallest absolute Gasteiger partial charge is 0.123 e. The Labute approximate surface area is 326 Å². The van der Waals surface area contributed by atoms with Gasteiger partial charge in [-0.15, -0.1) is 22.7 Å². The summed E-state index contributed by atoms with van der Waals surface area (Å²) in [4.78, 5) is 9.17. The van der Waals surface area contributed by atoms with Crippen LogP contribution in [0.4, 0.5) is 0 Å². The molecule has 10 aromatic rings. The molecule has 1 spiro atoms. The largest absolute Gasteiger partial charge is 0.245 e. The van der Waals surface area contributed by atoms with Gasteiger partial charge in [0.1, 0.15) is 10.0 Å². The average molecular weight is 735 g/mol. The van der Waals surface area contributed by atoms with Gasteiger partial charge in [-0.05, 0) is 100 Å². The summed E-state index contributed by atoms with van der Waals surface area (Å²) < 4.78 is 0. The van der Waals surface area contributed by atoms with E-state index < -0.39 is 5.41 Å². The van der Waals surface area contributed by atoms with Gasteiger partial charge in [-0.3, -0.25) is 0 Å². The Balaban J connectivity index is 1.20. The SMILES string of the molecule is c1ccc2c(c1)-c1ccccc1C21c2cc(-c3ccc(-c4nccs4)cc3)c3ccccc3c2-c2c1cc(-c1ccc(-c3nccs3)cc1)c1ccccc21. The minimum absolute atomic E-state index is 0.517. The summed E-state index contributed by atoms with van der Waals surface area (Å²) in [6.45, 7) is 0. The fourth-order valence-electron chi connectivity index (χ4n) is 9.64. The first-order chi connectivity index (χ1) is 27.3. The molecule has 2 heterocycles. The van der Waals surface area contributed by atoms with E-state index in [1.54, 1.807) is 22.7 Å². The zero-order chi connectivity index (χ0) is 36.1. The molecule has 0 fully saturated rings. The summed E-state index contributed by atoms with van der Waals surface area (Å²) in [5.74, 6) is 0. The minimum Gasteiger partial charge on any atom is -0.245 e. The zero-order valence-corrected chi connectivity index (χ0v) is 31.2. The second-order valence-corrected chi connectivity index (χ2v) is 16.2. The molecular weight excluding hydrogens is 705 g/mol. The normalized spacial score (nSPS) is 13.2. The Bertz CT molecular complexity index is 2910. The van der Waals surface area contributed by atoms with E-state index in [0.29, 0.717) is 0 Å². The molecule has 0 radical (unpaired) electrons. The Hall–Kier alpha value is -6.46. The van der Waals surface area contributed by atoms with Crippen LogP contribution in [0.1, 0.15) is 22.3 Å². The number of nitrogens with zero attached hydrogens (tertiary/aromatic N) is 2. The second kappa shape index (κ2) is 11.8. The van der Waals surface area contributed by atoms with Crippen LogP contribution in [0.3, 0.4) is 0 Å². The van der Waals surface area contributed by atoms with Crippen molar-refractivity contribution in [1.29, 1.82) is 0 Å². The first kappa shape index (κ1) is 30.9. The number of fused-ring (bicyclic) bond motifs is 14. The molecule has 0 saturated carbocycles. The zero-order valence-electron chi connectivity index (χ0n) is 29.5. The van der Waals surface area contributed by atoms with Crippen LogP contribution in [0.5, 0.6) is 0 Å². The minimum atomic E-state index is -0.517. The van der Waals surface area contributed by atoms with E-state index in [-0.39, 0.29) is 0 Å². The fraction of sp³-hybridized carbons (Fsp3) is 0.0196. The van der Waals surface area contributed by atoms with E-state index in [4.69, 9.17) is 0 Å².